The van der Waals surface area contributed by atoms with Crippen LogP contribution in [0.25, 0.3) is 0 Å². The van der Waals surface area contributed by atoms with Crippen LogP contribution in [-0.4, -0.2) is 29.8 Å². The Morgan fingerprint density at radius 3 is 2.33 bits per heavy atom. The van der Waals surface area contributed by atoms with E-state index in [1.807, 2.05) is 12.2 Å². The van der Waals surface area contributed by atoms with Crippen LogP contribution in [0.1, 0.15) is 85.5 Å². The summed E-state index contributed by atoms with van der Waals surface area (Å²) >= 11 is 0. The van der Waals surface area contributed by atoms with E-state index in [4.69, 9.17) is 5.11 Å². The van der Waals surface area contributed by atoms with Gasteiger partial charge in [0.25, 0.3) is 0 Å². The Labute approximate surface area is 151 Å². The van der Waals surface area contributed by atoms with Crippen molar-refractivity contribution in [2.75, 3.05) is 13.2 Å². The average Bonchev–Trinajstić information content (AvgIpc) is 2.53. The molecule has 142 valence electrons. The Balaban J connectivity index is 4.48. The lowest BCUT2D eigenvalue weighted by Crippen LogP contribution is -2.48. The molecule has 0 aliphatic rings. The molecule has 0 aromatic heterocycles. The zero-order valence-electron chi connectivity index (χ0n) is 16.7. The van der Waals surface area contributed by atoms with Crippen molar-refractivity contribution in [2.45, 2.75) is 97.1 Å². The average molecular weight is 339 g/mol. The summed E-state index contributed by atoms with van der Waals surface area (Å²) in [7, 11) is 0. The molecule has 0 aromatic rings. The third kappa shape index (κ3) is 12.6. The molecule has 1 atom stereocenters. The number of hydrogen-bond acceptors (Lipinski definition) is 3. The van der Waals surface area contributed by atoms with Gasteiger partial charge >= 0.3 is 0 Å². The van der Waals surface area contributed by atoms with Crippen molar-refractivity contribution < 1.29 is 5.11 Å². The molecule has 0 saturated carbocycles. The maximum atomic E-state index is 8.97. The fourth-order valence-corrected chi connectivity index (χ4v) is 2.88. The molecule has 0 rings (SSSR count). The highest BCUT2D eigenvalue weighted by atomic mass is 16.2. The SMILES string of the molecule is C=C(NCCCCCC)C(C/C=C/CO)NC(C)(C)CCCCC. The molecule has 0 aliphatic carbocycles. The van der Waals surface area contributed by atoms with Gasteiger partial charge in [0.05, 0.1) is 12.6 Å². The second-order valence-corrected chi connectivity index (χ2v) is 7.44. The van der Waals surface area contributed by atoms with Gasteiger partial charge < -0.3 is 15.7 Å². The highest BCUT2D eigenvalue weighted by Crippen LogP contribution is 2.17. The molecule has 0 amide bonds. The van der Waals surface area contributed by atoms with E-state index in [0.717, 1.165) is 18.7 Å². The zero-order valence-corrected chi connectivity index (χ0v) is 16.7. The van der Waals surface area contributed by atoms with E-state index in [-0.39, 0.29) is 18.2 Å². The normalized spacial score (nSPS) is 13.4. The van der Waals surface area contributed by atoms with Gasteiger partial charge in [-0.25, -0.2) is 0 Å². The van der Waals surface area contributed by atoms with Crippen LogP contribution in [0.5, 0.6) is 0 Å². The van der Waals surface area contributed by atoms with E-state index in [0.29, 0.717) is 0 Å². The van der Waals surface area contributed by atoms with E-state index in [2.05, 4.69) is 44.9 Å². The smallest absolute Gasteiger partial charge is 0.0612 e. The predicted octanol–water partition coefficient (Wildman–Crippen LogP) is 4.93. The quantitative estimate of drug-likeness (QED) is 0.276. The molecule has 0 spiro atoms. The van der Waals surface area contributed by atoms with E-state index in [1.165, 1.54) is 51.4 Å². The number of hydrogen-bond donors (Lipinski definition) is 3. The molecule has 0 heterocycles. The van der Waals surface area contributed by atoms with Gasteiger partial charge in [0.15, 0.2) is 0 Å². The van der Waals surface area contributed by atoms with Gasteiger partial charge in [-0.3, -0.25) is 0 Å². The Morgan fingerprint density at radius 2 is 1.71 bits per heavy atom. The van der Waals surface area contributed by atoms with Gasteiger partial charge in [0.2, 0.25) is 0 Å². The molecule has 24 heavy (non-hydrogen) atoms. The topological polar surface area (TPSA) is 44.3 Å². The van der Waals surface area contributed by atoms with Gasteiger partial charge in [0, 0.05) is 17.8 Å². The molecule has 0 aliphatic heterocycles. The fraction of sp³-hybridized carbons (Fsp3) is 0.810. The van der Waals surface area contributed by atoms with Crippen molar-refractivity contribution in [3.8, 4) is 0 Å². The number of unbranched alkanes of at least 4 members (excludes halogenated alkanes) is 5. The van der Waals surface area contributed by atoms with E-state index in [1.54, 1.807) is 0 Å². The number of rotatable bonds is 16. The second kappa shape index (κ2) is 14.5. The molecular weight excluding hydrogens is 296 g/mol. The molecule has 0 radical (unpaired) electrons. The van der Waals surface area contributed by atoms with Gasteiger partial charge in [-0.15, -0.1) is 0 Å². The Hall–Kier alpha value is -0.800. The van der Waals surface area contributed by atoms with Crippen molar-refractivity contribution >= 4 is 0 Å². The van der Waals surface area contributed by atoms with Crippen LogP contribution in [0.15, 0.2) is 24.4 Å². The summed E-state index contributed by atoms with van der Waals surface area (Å²) in [5.74, 6) is 0. The van der Waals surface area contributed by atoms with Crippen LogP contribution >= 0.6 is 0 Å². The van der Waals surface area contributed by atoms with E-state index < -0.39 is 0 Å². The number of nitrogens with one attached hydrogen (secondary N) is 2. The Kier molecular flexibility index (Phi) is 14.1. The third-order valence-electron chi connectivity index (χ3n) is 4.42. The molecule has 0 saturated heterocycles. The summed E-state index contributed by atoms with van der Waals surface area (Å²) in [5.41, 5.74) is 1.16. The molecule has 0 aromatic carbocycles. The maximum Gasteiger partial charge on any atom is 0.0612 e. The molecule has 0 bridgehead atoms. The summed E-state index contributed by atoms with van der Waals surface area (Å²) in [6.45, 7) is 14.4. The zero-order chi connectivity index (χ0) is 18.3. The van der Waals surface area contributed by atoms with Gasteiger partial charge in [-0.1, -0.05) is 71.1 Å². The highest BCUT2D eigenvalue weighted by Gasteiger charge is 2.22. The standard InChI is InChI=1S/C21H42N2O/c1-6-8-10-13-17-22-19(3)20(15-11-14-18-24)23-21(4,5)16-12-9-7-2/h11,14,20,22-24H,3,6-10,12-13,15-18H2,1-2,4-5H3/b14-11+. The van der Waals surface area contributed by atoms with Crippen molar-refractivity contribution in [1.82, 2.24) is 10.6 Å². The van der Waals surface area contributed by atoms with Gasteiger partial charge in [0.1, 0.15) is 0 Å². The minimum atomic E-state index is 0.0969. The lowest BCUT2D eigenvalue weighted by Gasteiger charge is -2.33. The summed E-state index contributed by atoms with van der Waals surface area (Å²) in [6, 6.07) is 0.204. The molecule has 1 unspecified atom stereocenters. The molecule has 3 nitrogen and oxygen atoms in total. The first-order valence-electron chi connectivity index (χ1n) is 9.93. The van der Waals surface area contributed by atoms with Gasteiger partial charge in [-0.2, -0.15) is 0 Å². The lowest BCUT2D eigenvalue weighted by molar-refractivity contribution is 0.314. The minimum absolute atomic E-state index is 0.0969. The summed E-state index contributed by atoms with van der Waals surface area (Å²) in [6.07, 6.45) is 14.7. The highest BCUT2D eigenvalue weighted by molar-refractivity contribution is 5.08. The predicted molar refractivity (Wildman–Crippen MR) is 107 cm³/mol. The second-order valence-electron chi connectivity index (χ2n) is 7.44. The molecule has 3 N–H and O–H groups in total. The minimum Gasteiger partial charge on any atom is -0.392 e. The van der Waals surface area contributed by atoms with Crippen molar-refractivity contribution in [3.63, 3.8) is 0 Å². The van der Waals surface area contributed by atoms with Crippen LogP contribution in [0, 0.1) is 0 Å². The van der Waals surface area contributed by atoms with Crippen LogP contribution in [-0.2, 0) is 0 Å². The first-order valence-corrected chi connectivity index (χ1v) is 9.93. The van der Waals surface area contributed by atoms with Crippen LogP contribution in [0.3, 0.4) is 0 Å². The maximum absolute atomic E-state index is 8.97. The van der Waals surface area contributed by atoms with Crippen LogP contribution in [0.2, 0.25) is 0 Å². The van der Waals surface area contributed by atoms with Crippen molar-refractivity contribution in [2.24, 2.45) is 0 Å². The molecule has 3 heteroatoms. The number of aliphatic hydroxyl groups excluding tert-OH is 1. The van der Waals surface area contributed by atoms with E-state index in [9.17, 15) is 0 Å². The number of aliphatic hydroxyl groups is 1. The Bertz CT molecular complexity index is 337. The first kappa shape index (κ1) is 23.2. The molecular formula is C21H42N2O. The summed E-state index contributed by atoms with van der Waals surface area (Å²) in [5, 5.41) is 16.2. The van der Waals surface area contributed by atoms with Crippen molar-refractivity contribution in [1.29, 1.82) is 0 Å². The van der Waals surface area contributed by atoms with Crippen LogP contribution < -0.4 is 10.6 Å². The van der Waals surface area contributed by atoms with E-state index >= 15 is 0 Å². The van der Waals surface area contributed by atoms with Gasteiger partial charge in [-0.05, 0) is 33.1 Å². The van der Waals surface area contributed by atoms with Crippen LogP contribution in [0.4, 0.5) is 0 Å². The third-order valence-corrected chi connectivity index (χ3v) is 4.42. The fourth-order valence-electron chi connectivity index (χ4n) is 2.88. The Morgan fingerprint density at radius 1 is 1.04 bits per heavy atom. The first-order chi connectivity index (χ1) is 11.5. The lowest BCUT2D eigenvalue weighted by atomic mass is 9.94. The summed E-state index contributed by atoms with van der Waals surface area (Å²) < 4.78 is 0. The largest absolute Gasteiger partial charge is 0.392 e. The van der Waals surface area contributed by atoms with Crippen molar-refractivity contribution in [3.05, 3.63) is 24.4 Å². The monoisotopic (exact) mass is 338 g/mol. The summed E-state index contributed by atoms with van der Waals surface area (Å²) in [4.78, 5) is 0. The molecule has 0 fully saturated rings.